The van der Waals surface area contributed by atoms with Gasteiger partial charge in [-0.1, -0.05) is 30.3 Å². The van der Waals surface area contributed by atoms with Crippen LogP contribution in [0.4, 0.5) is 0 Å². The minimum atomic E-state index is -0.0776. The second-order valence-corrected chi connectivity index (χ2v) is 5.42. The Balaban J connectivity index is 1.98. The Kier molecular flexibility index (Phi) is 3.36. The van der Waals surface area contributed by atoms with E-state index in [9.17, 15) is 5.11 Å². The number of rotatable bonds is 3. The first kappa shape index (κ1) is 13.0. The summed E-state index contributed by atoms with van der Waals surface area (Å²) in [5.74, 6) is 1.24. The molecule has 2 aromatic carbocycles. The van der Waals surface area contributed by atoms with Gasteiger partial charge in [-0.25, -0.2) is 0 Å². The predicted molar refractivity (Wildman–Crippen MR) is 79.1 cm³/mol. The lowest BCUT2D eigenvalue weighted by Gasteiger charge is -2.38. The molecular weight excluding hydrogens is 250 g/mol. The van der Waals surface area contributed by atoms with Crippen LogP contribution in [0.25, 0.3) is 0 Å². The quantitative estimate of drug-likeness (QED) is 0.900. The summed E-state index contributed by atoms with van der Waals surface area (Å²) >= 11 is 0. The van der Waals surface area contributed by atoms with Gasteiger partial charge in [0.25, 0.3) is 0 Å². The number of benzene rings is 2. The molecule has 0 radical (unpaired) electrons. The highest BCUT2D eigenvalue weighted by atomic mass is 16.5. The fourth-order valence-electron chi connectivity index (χ4n) is 2.99. The van der Waals surface area contributed by atoms with Crippen LogP contribution in [0.15, 0.2) is 48.5 Å². The minimum absolute atomic E-state index is 0.0776. The minimum Gasteiger partial charge on any atom is -0.508 e. The summed E-state index contributed by atoms with van der Waals surface area (Å²) in [5, 5.41) is 9.40. The van der Waals surface area contributed by atoms with Crippen molar-refractivity contribution < 1.29 is 9.84 Å². The van der Waals surface area contributed by atoms with E-state index in [1.807, 2.05) is 30.3 Å². The molecule has 1 unspecified atom stereocenters. The number of aromatic hydroxyl groups is 1. The zero-order valence-corrected chi connectivity index (χ0v) is 11.4. The van der Waals surface area contributed by atoms with E-state index in [1.54, 1.807) is 12.1 Å². The molecule has 3 heteroatoms. The van der Waals surface area contributed by atoms with Gasteiger partial charge in [0.2, 0.25) is 0 Å². The SMILES string of the molecule is NCC1(Cc2ccc(O)cc2)CCOc2ccccc21. The van der Waals surface area contributed by atoms with Gasteiger partial charge in [-0.05, 0) is 36.6 Å². The summed E-state index contributed by atoms with van der Waals surface area (Å²) in [6.45, 7) is 1.29. The average molecular weight is 269 g/mol. The maximum atomic E-state index is 9.40. The van der Waals surface area contributed by atoms with Crippen molar-refractivity contribution in [1.29, 1.82) is 0 Å². The number of ether oxygens (including phenoxy) is 1. The largest absolute Gasteiger partial charge is 0.508 e. The van der Waals surface area contributed by atoms with Crippen molar-refractivity contribution >= 4 is 0 Å². The highest BCUT2D eigenvalue weighted by Gasteiger charge is 2.36. The van der Waals surface area contributed by atoms with Gasteiger partial charge in [-0.3, -0.25) is 0 Å². The molecule has 1 atom stereocenters. The van der Waals surface area contributed by atoms with Gasteiger partial charge in [0, 0.05) is 17.5 Å². The van der Waals surface area contributed by atoms with E-state index < -0.39 is 0 Å². The zero-order chi connectivity index (χ0) is 14.0. The summed E-state index contributed by atoms with van der Waals surface area (Å²) in [4.78, 5) is 0. The number of phenols is 1. The van der Waals surface area contributed by atoms with Crippen molar-refractivity contribution in [2.24, 2.45) is 5.73 Å². The van der Waals surface area contributed by atoms with Gasteiger partial charge in [-0.2, -0.15) is 0 Å². The molecule has 0 saturated carbocycles. The maximum Gasteiger partial charge on any atom is 0.123 e. The van der Waals surface area contributed by atoms with Crippen LogP contribution in [0.5, 0.6) is 11.5 Å². The second-order valence-electron chi connectivity index (χ2n) is 5.42. The smallest absolute Gasteiger partial charge is 0.123 e. The highest BCUT2D eigenvalue weighted by Crippen LogP contribution is 2.40. The van der Waals surface area contributed by atoms with Gasteiger partial charge in [0.15, 0.2) is 0 Å². The lowest BCUT2D eigenvalue weighted by Crippen LogP contribution is -2.41. The molecule has 0 fully saturated rings. The van der Waals surface area contributed by atoms with Crippen LogP contribution in [-0.2, 0) is 11.8 Å². The predicted octanol–water partition coefficient (Wildman–Crippen LogP) is 2.61. The zero-order valence-electron chi connectivity index (χ0n) is 11.4. The normalized spacial score (nSPS) is 21.1. The van der Waals surface area contributed by atoms with Crippen LogP contribution >= 0.6 is 0 Å². The van der Waals surface area contributed by atoms with E-state index in [2.05, 4.69) is 6.07 Å². The molecule has 0 amide bonds. The van der Waals surface area contributed by atoms with Gasteiger partial charge in [0.05, 0.1) is 6.61 Å². The van der Waals surface area contributed by atoms with E-state index in [1.165, 1.54) is 11.1 Å². The van der Waals surface area contributed by atoms with Crippen molar-refractivity contribution in [1.82, 2.24) is 0 Å². The van der Waals surface area contributed by atoms with E-state index in [4.69, 9.17) is 10.5 Å². The number of para-hydroxylation sites is 1. The lowest BCUT2D eigenvalue weighted by molar-refractivity contribution is 0.215. The van der Waals surface area contributed by atoms with Gasteiger partial charge in [-0.15, -0.1) is 0 Å². The third-order valence-electron chi connectivity index (χ3n) is 4.17. The van der Waals surface area contributed by atoms with Gasteiger partial charge in [0.1, 0.15) is 11.5 Å². The Hall–Kier alpha value is -2.00. The van der Waals surface area contributed by atoms with E-state index >= 15 is 0 Å². The molecule has 3 rings (SSSR count). The molecule has 0 spiro atoms. The van der Waals surface area contributed by atoms with Crippen LogP contribution in [0, 0.1) is 0 Å². The standard InChI is InChI=1S/C17H19NO2/c18-12-17(11-13-5-7-14(19)8-6-13)9-10-20-16-4-2-1-3-15(16)17/h1-8,19H,9-12,18H2. The summed E-state index contributed by atoms with van der Waals surface area (Å²) < 4.78 is 5.74. The fraction of sp³-hybridized carbons (Fsp3) is 0.294. The molecule has 104 valence electrons. The van der Waals surface area contributed by atoms with Crippen molar-refractivity contribution in [2.75, 3.05) is 13.2 Å². The van der Waals surface area contributed by atoms with Crippen molar-refractivity contribution in [2.45, 2.75) is 18.3 Å². The van der Waals surface area contributed by atoms with Crippen LogP contribution < -0.4 is 10.5 Å². The number of hydrogen-bond donors (Lipinski definition) is 2. The topological polar surface area (TPSA) is 55.5 Å². The molecule has 0 bridgehead atoms. The maximum absolute atomic E-state index is 9.40. The van der Waals surface area contributed by atoms with E-state index in [0.717, 1.165) is 18.6 Å². The number of phenolic OH excluding ortho intramolecular Hbond substituents is 1. The third-order valence-corrected chi connectivity index (χ3v) is 4.17. The monoisotopic (exact) mass is 269 g/mol. The Bertz CT molecular complexity index is 594. The van der Waals surface area contributed by atoms with Crippen molar-refractivity contribution in [3.05, 3.63) is 59.7 Å². The molecular formula is C17H19NO2. The molecule has 1 aliphatic rings. The molecule has 3 nitrogen and oxygen atoms in total. The summed E-state index contributed by atoms with van der Waals surface area (Å²) in [7, 11) is 0. The average Bonchev–Trinajstić information content (AvgIpc) is 2.50. The molecule has 1 aliphatic heterocycles. The Labute approximate surface area is 119 Å². The lowest BCUT2D eigenvalue weighted by atomic mass is 9.72. The fourth-order valence-corrected chi connectivity index (χ4v) is 2.99. The van der Waals surface area contributed by atoms with Gasteiger partial charge >= 0.3 is 0 Å². The van der Waals surface area contributed by atoms with Crippen LogP contribution in [0.2, 0.25) is 0 Å². The molecule has 0 aromatic heterocycles. The number of hydrogen-bond acceptors (Lipinski definition) is 3. The van der Waals surface area contributed by atoms with Gasteiger partial charge < -0.3 is 15.6 Å². The second kappa shape index (κ2) is 5.17. The van der Waals surface area contributed by atoms with E-state index in [0.29, 0.717) is 18.9 Å². The molecule has 0 saturated heterocycles. The van der Waals surface area contributed by atoms with Crippen LogP contribution in [-0.4, -0.2) is 18.3 Å². The number of nitrogens with two attached hydrogens (primary N) is 1. The third kappa shape index (κ3) is 2.25. The Morgan fingerprint density at radius 2 is 1.85 bits per heavy atom. The molecule has 2 aromatic rings. The summed E-state index contributed by atoms with van der Waals surface area (Å²) in [5.41, 5.74) is 8.43. The van der Waals surface area contributed by atoms with Crippen LogP contribution in [0.3, 0.4) is 0 Å². The van der Waals surface area contributed by atoms with E-state index in [-0.39, 0.29) is 5.41 Å². The number of fused-ring (bicyclic) bond motifs is 1. The molecule has 1 heterocycles. The first-order valence-corrected chi connectivity index (χ1v) is 6.94. The Morgan fingerprint density at radius 3 is 2.60 bits per heavy atom. The first-order valence-electron chi connectivity index (χ1n) is 6.94. The van der Waals surface area contributed by atoms with Crippen LogP contribution in [0.1, 0.15) is 17.5 Å². The Morgan fingerprint density at radius 1 is 1.10 bits per heavy atom. The van der Waals surface area contributed by atoms with Crippen molar-refractivity contribution in [3.8, 4) is 11.5 Å². The molecule has 3 N–H and O–H groups in total. The summed E-state index contributed by atoms with van der Waals surface area (Å²) in [6.07, 6.45) is 1.78. The molecule has 20 heavy (non-hydrogen) atoms. The van der Waals surface area contributed by atoms with Crippen molar-refractivity contribution in [3.63, 3.8) is 0 Å². The first-order chi connectivity index (χ1) is 9.73. The molecule has 0 aliphatic carbocycles. The summed E-state index contributed by atoms with van der Waals surface area (Å²) in [6, 6.07) is 15.5. The highest BCUT2D eigenvalue weighted by molar-refractivity contribution is 5.43.